The SMILES string of the molecule is CCCCCCCCCCCCc1cccc2cccc(S(=O)(=O)[O-])c12.CCCCCCCCCCCCc1cccc2cccc(S(=O)(=O)[O-])c12.[Ca+2]. The number of unbranched alkanes of at least 4 members (excludes halogenated alkanes) is 18. The topological polar surface area (TPSA) is 114 Å². The minimum Gasteiger partial charge on any atom is -0.744 e. The maximum atomic E-state index is 11.6. The van der Waals surface area contributed by atoms with Crippen molar-refractivity contribution < 1.29 is 25.9 Å². The van der Waals surface area contributed by atoms with E-state index >= 15 is 0 Å². The average Bonchev–Trinajstić information content (AvgIpc) is 3.12. The molecule has 0 fully saturated rings. The summed E-state index contributed by atoms with van der Waals surface area (Å²) in [6.45, 7) is 4.48. The van der Waals surface area contributed by atoms with E-state index in [-0.39, 0.29) is 47.5 Å². The maximum absolute atomic E-state index is 11.6. The van der Waals surface area contributed by atoms with Crippen molar-refractivity contribution in [3.63, 3.8) is 0 Å². The normalized spacial score (nSPS) is 11.7. The number of rotatable bonds is 24. The van der Waals surface area contributed by atoms with Crippen molar-refractivity contribution in [3.8, 4) is 0 Å². The first-order chi connectivity index (χ1) is 25.1. The second-order valence-corrected chi connectivity index (χ2v) is 17.0. The van der Waals surface area contributed by atoms with Crippen LogP contribution in [0.2, 0.25) is 0 Å². The molecule has 0 amide bonds. The van der Waals surface area contributed by atoms with Crippen LogP contribution in [0.5, 0.6) is 0 Å². The van der Waals surface area contributed by atoms with Gasteiger partial charge in [-0.3, -0.25) is 0 Å². The summed E-state index contributed by atoms with van der Waals surface area (Å²) in [5.74, 6) is 0. The van der Waals surface area contributed by atoms with Crippen molar-refractivity contribution in [3.05, 3.63) is 83.9 Å². The van der Waals surface area contributed by atoms with Crippen molar-refractivity contribution >= 4 is 79.5 Å². The van der Waals surface area contributed by atoms with Crippen LogP contribution in [0.25, 0.3) is 21.5 Å². The van der Waals surface area contributed by atoms with E-state index in [0.717, 1.165) is 60.4 Å². The van der Waals surface area contributed by atoms with Gasteiger partial charge in [-0.1, -0.05) is 190 Å². The third-order valence-corrected chi connectivity index (χ3v) is 11.8. The maximum Gasteiger partial charge on any atom is 2.00 e. The van der Waals surface area contributed by atoms with E-state index in [9.17, 15) is 25.9 Å². The molecule has 0 bridgehead atoms. The van der Waals surface area contributed by atoms with Crippen LogP contribution in [0.15, 0.2) is 82.6 Å². The number of hydrogen-bond acceptors (Lipinski definition) is 6. The monoisotopic (exact) mass is 790 g/mol. The molecule has 0 aromatic heterocycles. The first-order valence-electron chi connectivity index (χ1n) is 20.0. The number of fused-ring (bicyclic) bond motifs is 2. The summed E-state index contributed by atoms with van der Waals surface area (Å²) >= 11 is 0. The molecule has 0 aliphatic rings. The van der Waals surface area contributed by atoms with E-state index in [1.54, 1.807) is 12.1 Å². The Morgan fingerprint density at radius 2 is 0.660 bits per heavy atom. The first kappa shape index (κ1) is 47.6. The minimum absolute atomic E-state index is 0. The van der Waals surface area contributed by atoms with Crippen LogP contribution >= 0.6 is 0 Å². The molecular weight excluding hydrogens is 729 g/mol. The Bertz CT molecular complexity index is 1690. The number of aryl methyl sites for hydroxylation is 2. The summed E-state index contributed by atoms with van der Waals surface area (Å²) in [4.78, 5) is -0.171. The first-order valence-corrected chi connectivity index (χ1v) is 22.8. The zero-order valence-corrected chi connectivity index (χ0v) is 36.3. The van der Waals surface area contributed by atoms with E-state index in [4.69, 9.17) is 0 Å². The second kappa shape index (κ2) is 26.4. The van der Waals surface area contributed by atoms with E-state index in [1.807, 2.05) is 48.5 Å². The van der Waals surface area contributed by atoms with Gasteiger partial charge in [-0.2, -0.15) is 0 Å². The molecule has 0 radical (unpaired) electrons. The Hall–Kier alpha value is -1.52. The molecule has 0 atom stereocenters. The van der Waals surface area contributed by atoms with Gasteiger partial charge >= 0.3 is 37.7 Å². The Labute approximate surface area is 351 Å². The summed E-state index contributed by atoms with van der Waals surface area (Å²) in [6.07, 6.45) is 27.1. The van der Waals surface area contributed by atoms with E-state index in [0.29, 0.717) is 10.8 Å². The van der Waals surface area contributed by atoms with Crippen LogP contribution in [-0.2, 0) is 33.1 Å². The molecule has 9 heteroatoms. The fraction of sp³-hybridized carbons (Fsp3) is 0.545. The molecule has 4 rings (SSSR count). The zero-order chi connectivity index (χ0) is 37.7. The fourth-order valence-electron chi connectivity index (χ4n) is 7.20. The zero-order valence-electron chi connectivity index (χ0n) is 32.5. The molecule has 0 aliphatic carbocycles. The van der Waals surface area contributed by atoms with Gasteiger partial charge in [0.1, 0.15) is 20.2 Å². The Kier molecular flexibility index (Phi) is 23.7. The smallest absolute Gasteiger partial charge is 0.744 e. The Morgan fingerprint density at radius 1 is 0.396 bits per heavy atom. The van der Waals surface area contributed by atoms with Gasteiger partial charge in [-0.25, -0.2) is 16.8 Å². The Morgan fingerprint density at radius 3 is 0.943 bits per heavy atom. The standard InChI is InChI=1S/2C22H32O3S.Ca/c2*1-2-3-4-5-6-7-8-9-10-11-14-19-15-12-16-20-17-13-18-21(22(19)20)26(23,24)25;/h2*12-13,15-18H,2-11,14H2,1H3,(H,23,24,25);/q;;+2/p-2. The van der Waals surface area contributed by atoms with Gasteiger partial charge < -0.3 is 9.11 Å². The molecule has 0 N–H and O–H groups in total. The second-order valence-electron chi connectivity index (χ2n) is 14.3. The van der Waals surface area contributed by atoms with Gasteiger partial charge in [0, 0.05) is 10.8 Å². The molecule has 0 spiro atoms. The summed E-state index contributed by atoms with van der Waals surface area (Å²) < 4.78 is 69.5. The molecule has 4 aromatic rings. The largest absolute Gasteiger partial charge is 2.00 e. The molecule has 4 aromatic carbocycles. The number of benzene rings is 4. The van der Waals surface area contributed by atoms with Gasteiger partial charge in [0.25, 0.3) is 0 Å². The molecule has 0 heterocycles. The third-order valence-electron chi connectivity index (χ3n) is 10.0. The van der Waals surface area contributed by atoms with Gasteiger partial charge in [0.15, 0.2) is 0 Å². The molecule has 0 saturated heterocycles. The van der Waals surface area contributed by atoms with Crippen molar-refractivity contribution in [1.82, 2.24) is 0 Å². The van der Waals surface area contributed by atoms with Crippen molar-refractivity contribution in [2.45, 2.75) is 165 Å². The molecule has 0 aliphatic heterocycles. The van der Waals surface area contributed by atoms with Crippen LogP contribution in [0.3, 0.4) is 0 Å². The molecule has 53 heavy (non-hydrogen) atoms. The van der Waals surface area contributed by atoms with E-state index in [2.05, 4.69) is 13.8 Å². The number of hydrogen-bond donors (Lipinski definition) is 0. The van der Waals surface area contributed by atoms with Crippen LogP contribution < -0.4 is 0 Å². The molecule has 0 unspecified atom stereocenters. The Balaban J connectivity index is 0.000000360. The van der Waals surface area contributed by atoms with Crippen LogP contribution in [-0.4, -0.2) is 63.7 Å². The van der Waals surface area contributed by atoms with Gasteiger partial charge in [0.2, 0.25) is 0 Å². The van der Waals surface area contributed by atoms with Gasteiger partial charge in [-0.15, -0.1) is 0 Å². The minimum atomic E-state index is -4.45. The van der Waals surface area contributed by atoms with Crippen molar-refractivity contribution in [2.24, 2.45) is 0 Å². The summed E-state index contributed by atoms with van der Waals surface area (Å²) in [7, 11) is -8.91. The van der Waals surface area contributed by atoms with Crippen LogP contribution in [0.1, 0.15) is 153 Å². The summed E-state index contributed by atoms with van der Waals surface area (Å²) in [5, 5.41) is 2.87. The van der Waals surface area contributed by atoms with E-state index < -0.39 is 20.2 Å². The predicted molar refractivity (Wildman–Crippen MR) is 221 cm³/mol. The fourth-order valence-corrected chi connectivity index (χ4v) is 8.69. The summed E-state index contributed by atoms with van der Waals surface area (Å²) in [6, 6.07) is 21.4. The van der Waals surface area contributed by atoms with E-state index in [1.165, 1.54) is 115 Å². The molecular formula is C44H62CaO6S2. The van der Waals surface area contributed by atoms with Crippen molar-refractivity contribution in [2.75, 3.05) is 0 Å². The molecule has 0 saturated carbocycles. The quantitative estimate of drug-likeness (QED) is 0.0396. The predicted octanol–water partition coefficient (Wildman–Crippen LogP) is 12.0. The third kappa shape index (κ3) is 17.4. The van der Waals surface area contributed by atoms with Gasteiger partial charge in [-0.05, 0) is 59.7 Å². The van der Waals surface area contributed by atoms with Crippen molar-refractivity contribution in [1.29, 1.82) is 0 Å². The van der Waals surface area contributed by atoms with Gasteiger partial charge in [0.05, 0.1) is 9.79 Å². The van der Waals surface area contributed by atoms with Crippen LogP contribution in [0, 0.1) is 0 Å². The summed E-state index contributed by atoms with van der Waals surface area (Å²) in [5.41, 5.74) is 1.94. The molecule has 288 valence electrons. The van der Waals surface area contributed by atoms with Crippen LogP contribution in [0.4, 0.5) is 0 Å². The molecule has 6 nitrogen and oxygen atoms in total. The average molecular weight is 791 g/mol.